The molecule has 2 N–H and O–H groups in total. The Morgan fingerprint density at radius 2 is 2.20 bits per heavy atom. The van der Waals surface area contributed by atoms with Crippen LogP contribution in [-0.4, -0.2) is 65.3 Å². The van der Waals surface area contributed by atoms with Crippen LogP contribution in [0, 0.1) is 5.92 Å². The summed E-state index contributed by atoms with van der Waals surface area (Å²) in [7, 11) is 1.61. The summed E-state index contributed by atoms with van der Waals surface area (Å²) >= 11 is 0. The van der Waals surface area contributed by atoms with Gasteiger partial charge in [0, 0.05) is 26.7 Å². The second-order valence-electron chi connectivity index (χ2n) is 3.70. The number of nitrogens with zero attached hydrogens (tertiary/aromatic N) is 2. The Hall–Kier alpha value is -1.30. The van der Waals surface area contributed by atoms with E-state index in [0.717, 1.165) is 0 Å². The topological polar surface area (TPSA) is 81.1 Å². The third kappa shape index (κ3) is 2.82. The molecular formula is C9H16N2O4. The summed E-state index contributed by atoms with van der Waals surface area (Å²) in [5.41, 5.74) is 0. The molecule has 0 radical (unpaired) electrons. The fourth-order valence-corrected chi connectivity index (χ4v) is 1.71. The number of likely N-dealkylation sites (tertiary alicyclic amines) is 1. The summed E-state index contributed by atoms with van der Waals surface area (Å²) in [5, 5.41) is 17.4. The molecule has 0 saturated carbocycles. The standard InChI is InChI=1S/C9H16N2O4/c1-10(4-5-12)8(13)7-2-3-11(6-7)9(14)15/h7,12H,2-6H2,1H3,(H,14,15). The van der Waals surface area contributed by atoms with Crippen molar-refractivity contribution in [1.82, 2.24) is 9.80 Å². The highest BCUT2D eigenvalue weighted by atomic mass is 16.4. The van der Waals surface area contributed by atoms with Gasteiger partial charge in [0.1, 0.15) is 0 Å². The van der Waals surface area contributed by atoms with Gasteiger partial charge in [0.2, 0.25) is 5.91 Å². The van der Waals surface area contributed by atoms with Crippen molar-refractivity contribution in [2.24, 2.45) is 5.92 Å². The van der Waals surface area contributed by atoms with Gasteiger partial charge in [-0.15, -0.1) is 0 Å². The lowest BCUT2D eigenvalue weighted by atomic mass is 10.1. The van der Waals surface area contributed by atoms with Crippen molar-refractivity contribution in [3.8, 4) is 0 Å². The number of hydrogen-bond donors (Lipinski definition) is 2. The Morgan fingerprint density at radius 3 is 2.67 bits per heavy atom. The van der Waals surface area contributed by atoms with Crippen LogP contribution in [0.5, 0.6) is 0 Å². The number of hydrogen-bond acceptors (Lipinski definition) is 3. The smallest absolute Gasteiger partial charge is 0.407 e. The molecule has 1 aliphatic rings. The van der Waals surface area contributed by atoms with Crippen LogP contribution < -0.4 is 0 Å². The normalized spacial score (nSPS) is 20.4. The van der Waals surface area contributed by atoms with E-state index in [1.165, 1.54) is 9.80 Å². The molecule has 1 aliphatic heterocycles. The van der Waals surface area contributed by atoms with Crippen LogP contribution >= 0.6 is 0 Å². The molecule has 1 unspecified atom stereocenters. The number of likely N-dealkylation sites (N-methyl/N-ethyl adjacent to an activating group) is 1. The summed E-state index contributed by atoms with van der Waals surface area (Å²) < 4.78 is 0. The summed E-state index contributed by atoms with van der Waals surface area (Å²) in [4.78, 5) is 25.0. The van der Waals surface area contributed by atoms with E-state index in [4.69, 9.17) is 10.2 Å². The van der Waals surface area contributed by atoms with E-state index in [1.54, 1.807) is 7.05 Å². The Morgan fingerprint density at radius 1 is 1.53 bits per heavy atom. The van der Waals surface area contributed by atoms with E-state index in [2.05, 4.69) is 0 Å². The first kappa shape index (κ1) is 11.8. The molecule has 0 aromatic rings. The Labute approximate surface area is 88.1 Å². The van der Waals surface area contributed by atoms with E-state index < -0.39 is 6.09 Å². The minimum atomic E-state index is -0.977. The lowest BCUT2D eigenvalue weighted by molar-refractivity contribution is -0.134. The SMILES string of the molecule is CN(CCO)C(=O)C1CCN(C(=O)O)C1. The van der Waals surface area contributed by atoms with Crippen molar-refractivity contribution in [1.29, 1.82) is 0 Å². The van der Waals surface area contributed by atoms with Gasteiger partial charge in [0.15, 0.2) is 0 Å². The number of aliphatic hydroxyl groups excluding tert-OH is 1. The number of carbonyl (C=O) groups excluding carboxylic acids is 1. The van der Waals surface area contributed by atoms with Gasteiger partial charge in [-0.25, -0.2) is 4.79 Å². The lowest BCUT2D eigenvalue weighted by Gasteiger charge is -2.19. The fraction of sp³-hybridized carbons (Fsp3) is 0.778. The zero-order valence-electron chi connectivity index (χ0n) is 8.72. The minimum absolute atomic E-state index is 0.0718. The second-order valence-corrected chi connectivity index (χ2v) is 3.70. The number of rotatable bonds is 3. The molecule has 0 spiro atoms. The van der Waals surface area contributed by atoms with Crippen molar-refractivity contribution in [2.75, 3.05) is 33.3 Å². The van der Waals surface area contributed by atoms with Crippen LogP contribution in [0.15, 0.2) is 0 Å². The van der Waals surface area contributed by atoms with Crippen molar-refractivity contribution >= 4 is 12.0 Å². The lowest BCUT2D eigenvalue weighted by Crippen LogP contribution is -2.36. The molecule has 15 heavy (non-hydrogen) atoms. The van der Waals surface area contributed by atoms with Crippen LogP contribution in [0.3, 0.4) is 0 Å². The molecular weight excluding hydrogens is 200 g/mol. The maximum Gasteiger partial charge on any atom is 0.407 e. The van der Waals surface area contributed by atoms with E-state index >= 15 is 0 Å². The molecule has 1 saturated heterocycles. The van der Waals surface area contributed by atoms with Crippen molar-refractivity contribution in [3.05, 3.63) is 0 Å². The third-order valence-corrected chi connectivity index (χ3v) is 2.62. The molecule has 0 bridgehead atoms. The van der Waals surface area contributed by atoms with Gasteiger partial charge in [-0.1, -0.05) is 0 Å². The zero-order chi connectivity index (χ0) is 11.4. The Kier molecular flexibility index (Phi) is 3.90. The van der Waals surface area contributed by atoms with Crippen molar-refractivity contribution in [3.63, 3.8) is 0 Å². The predicted molar refractivity (Wildman–Crippen MR) is 52.4 cm³/mol. The van der Waals surface area contributed by atoms with Crippen LogP contribution in [0.4, 0.5) is 4.79 Å². The summed E-state index contributed by atoms with van der Waals surface area (Å²) in [6.45, 7) is 0.905. The van der Waals surface area contributed by atoms with Gasteiger partial charge >= 0.3 is 6.09 Å². The fourth-order valence-electron chi connectivity index (χ4n) is 1.71. The Balaban J connectivity index is 2.46. The first-order chi connectivity index (χ1) is 7.06. The van der Waals surface area contributed by atoms with Gasteiger partial charge in [0.25, 0.3) is 0 Å². The molecule has 86 valence electrons. The summed E-state index contributed by atoms with van der Waals surface area (Å²) in [5.74, 6) is -0.342. The first-order valence-electron chi connectivity index (χ1n) is 4.90. The molecule has 1 rings (SSSR count). The maximum atomic E-state index is 11.7. The highest BCUT2D eigenvalue weighted by Crippen LogP contribution is 2.18. The number of aliphatic hydroxyl groups is 1. The first-order valence-corrected chi connectivity index (χ1v) is 4.90. The summed E-state index contributed by atoms with van der Waals surface area (Å²) in [6.07, 6.45) is -0.406. The van der Waals surface area contributed by atoms with Gasteiger partial charge < -0.3 is 20.0 Å². The minimum Gasteiger partial charge on any atom is -0.465 e. The Bertz CT molecular complexity index is 256. The van der Waals surface area contributed by atoms with Crippen LogP contribution in [0.2, 0.25) is 0 Å². The maximum absolute atomic E-state index is 11.7. The number of amides is 2. The molecule has 6 heteroatoms. The molecule has 0 aromatic carbocycles. The number of carboxylic acid groups (broad SMARTS) is 1. The van der Waals surface area contributed by atoms with E-state index in [-0.39, 0.29) is 25.0 Å². The quantitative estimate of drug-likeness (QED) is 0.662. The van der Waals surface area contributed by atoms with Gasteiger partial charge in [-0.05, 0) is 6.42 Å². The molecule has 6 nitrogen and oxygen atoms in total. The highest BCUT2D eigenvalue weighted by Gasteiger charge is 2.32. The van der Waals surface area contributed by atoms with Crippen LogP contribution in [0.1, 0.15) is 6.42 Å². The van der Waals surface area contributed by atoms with Gasteiger partial charge in [0.05, 0.1) is 12.5 Å². The van der Waals surface area contributed by atoms with Crippen molar-refractivity contribution < 1.29 is 19.8 Å². The molecule has 1 heterocycles. The largest absolute Gasteiger partial charge is 0.465 e. The second kappa shape index (κ2) is 4.97. The summed E-state index contributed by atoms with van der Waals surface area (Å²) in [6, 6.07) is 0. The van der Waals surface area contributed by atoms with E-state index in [9.17, 15) is 9.59 Å². The third-order valence-electron chi connectivity index (χ3n) is 2.62. The zero-order valence-corrected chi connectivity index (χ0v) is 8.72. The molecule has 0 aromatic heterocycles. The molecule has 2 amide bonds. The number of carbonyl (C=O) groups is 2. The van der Waals surface area contributed by atoms with E-state index in [1.807, 2.05) is 0 Å². The predicted octanol–water partition coefficient (Wildman–Crippen LogP) is -0.563. The van der Waals surface area contributed by atoms with Crippen LogP contribution in [-0.2, 0) is 4.79 Å². The van der Waals surface area contributed by atoms with Crippen molar-refractivity contribution in [2.45, 2.75) is 6.42 Å². The van der Waals surface area contributed by atoms with Gasteiger partial charge in [-0.2, -0.15) is 0 Å². The van der Waals surface area contributed by atoms with Gasteiger partial charge in [-0.3, -0.25) is 4.79 Å². The molecule has 1 fully saturated rings. The van der Waals surface area contributed by atoms with Crippen LogP contribution in [0.25, 0.3) is 0 Å². The highest BCUT2D eigenvalue weighted by molar-refractivity contribution is 5.80. The molecule has 1 atom stereocenters. The average Bonchev–Trinajstić information content (AvgIpc) is 2.65. The average molecular weight is 216 g/mol. The monoisotopic (exact) mass is 216 g/mol. The van der Waals surface area contributed by atoms with E-state index in [0.29, 0.717) is 19.5 Å². The molecule has 0 aliphatic carbocycles.